The fourth-order valence-corrected chi connectivity index (χ4v) is 4.10. The predicted molar refractivity (Wildman–Crippen MR) is 66.6 cm³/mol. The Bertz CT molecular complexity index is 343. The number of hydrogen-bond acceptors (Lipinski definition) is 4. The lowest BCUT2D eigenvalue weighted by Gasteiger charge is -2.23. The van der Waals surface area contributed by atoms with Crippen molar-refractivity contribution in [2.45, 2.75) is 31.7 Å². The minimum absolute atomic E-state index is 0.00602. The summed E-state index contributed by atoms with van der Waals surface area (Å²) in [4.78, 5) is 0.00723. The van der Waals surface area contributed by atoms with Crippen LogP contribution in [-0.4, -0.2) is 47.8 Å². The number of aliphatic hydroxyl groups is 1. The highest BCUT2D eigenvalue weighted by Gasteiger charge is 2.33. The fourth-order valence-electron chi connectivity index (χ4n) is 2.05. The Labute approximate surface area is 102 Å². The van der Waals surface area contributed by atoms with Gasteiger partial charge in [0.05, 0.1) is 4.99 Å². The summed E-state index contributed by atoms with van der Waals surface area (Å²) < 4.78 is 25.3. The van der Waals surface area contributed by atoms with Crippen LogP contribution in [0.25, 0.3) is 0 Å². The topological polar surface area (TPSA) is 83.6 Å². The molecular weight excluding hydrogens is 248 g/mol. The first-order chi connectivity index (χ1) is 7.47. The average Bonchev–Trinajstić information content (AvgIpc) is 2.61. The lowest BCUT2D eigenvalue weighted by molar-refractivity contribution is 0.264. The largest absolute Gasteiger partial charge is 0.396 e. The number of thiocarbonyl (C=S) groups is 1. The standard InChI is InChI=1S/C9H18N2O3S2/c10-9(15)7-16(13,14)11-5-1-3-8(11)4-2-6-12/h8,12H,1-7H2,(H2,10,15). The normalized spacial score (nSPS) is 22.4. The molecule has 0 aromatic heterocycles. The predicted octanol–water partition coefficient (Wildman–Crippen LogP) is -0.161. The van der Waals surface area contributed by atoms with Crippen LogP contribution in [0, 0.1) is 0 Å². The van der Waals surface area contributed by atoms with Gasteiger partial charge in [0.1, 0.15) is 5.75 Å². The van der Waals surface area contributed by atoms with Crippen molar-refractivity contribution in [1.82, 2.24) is 4.31 Å². The molecule has 3 N–H and O–H groups in total. The van der Waals surface area contributed by atoms with E-state index in [1.807, 2.05) is 0 Å². The van der Waals surface area contributed by atoms with Gasteiger partial charge in [-0.25, -0.2) is 8.42 Å². The lowest BCUT2D eigenvalue weighted by Crippen LogP contribution is -2.40. The van der Waals surface area contributed by atoms with Crippen LogP contribution >= 0.6 is 12.2 Å². The highest BCUT2D eigenvalue weighted by atomic mass is 32.2. The van der Waals surface area contributed by atoms with E-state index in [1.54, 1.807) is 0 Å². The van der Waals surface area contributed by atoms with Crippen molar-refractivity contribution in [2.24, 2.45) is 5.73 Å². The molecule has 1 unspecified atom stereocenters. The highest BCUT2D eigenvalue weighted by molar-refractivity contribution is 7.92. The molecule has 0 saturated carbocycles. The summed E-state index contributed by atoms with van der Waals surface area (Å²) in [6.07, 6.45) is 3.06. The van der Waals surface area contributed by atoms with Gasteiger partial charge in [0.2, 0.25) is 10.0 Å². The smallest absolute Gasteiger partial charge is 0.220 e. The summed E-state index contributed by atoms with van der Waals surface area (Å²) in [5.74, 6) is -0.252. The van der Waals surface area contributed by atoms with Gasteiger partial charge >= 0.3 is 0 Å². The maximum atomic E-state index is 11.9. The molecule has 0 aliphatic carbocycles. The van der Waals surface area contributed by atoms with Gasteiger partial charge in [-0.2, -0.15) is 4.31 Å². The van der Waals surface area contributed by atoms with Gasteiger partial charge in [-0.1, -0.05) is 12.2 Å². The molecule has 1 rings (SSSR count). The summed E-state index contributed by atoms with van der Waals surface area (Å²) in [6.45, 7) is 0.640. The zero-order valence-corrected chi connectivity index (χ0v) is 10.8. The van der Waals surface area contributed by atoms with Gasteiger partial charge < -0.3 is 10.8 Å². The number of sulfonamides is 1. The van der Waals surface area contributed by atoms with Crippen molar-refractivity contribution in [2.75, 3.05) is 18.9 Å². The molecule has 94 valence electrons. The molecule has 0 amide bonds. The summed E-state index contributed by atoms with van der Waals surface area (Å²) in [7, 11) is -3.35. The summed E-state index contributed by atoms with van der Waals surface area (Å²) >= 11 is 4.64. The van der Waals surface area contributed by atoms with Gasteiger partial charge in [0, 0.05) is 19.2 Å². The Balaban J connectivity index is 2.66. The zero-order chi connectivity index (χ0) is 12.2. The Hall–Kier alpha value is -0.240. The first kappa shape index (κ1) is 13.8. The molecule has 1 atom stereocenters. The molecule has 0 aromatic rings. The van der Waals surface area contributed by atoms with E-state index in [0.29, 0.717) is 19.4 Å². The molecule has 0 bridgehead atoms. The van der Waals surface area contributed by atoms with E-state index >= 15 is 0 Å². The Morgan fingerprint density at radius 1 is 1.56 bits per heavy atom. The Morgan fingerprint density at radius 3 is 2.81 bits per heavy atom. The molecule has 0 aromatic carbocycles. The molecule has 1 heterocycles. The van der Waals surface area contributed by atoms with Crippen LogP contribution in [0.4, 0.5) is 0 Å². The van der Waals surface area contributed by atoms with Gasteiger partial charge in [0.25, 0.3) is 0 Å². The van der Waals surface area contributed by atoms with E-state index in [0.717, 1.165) is 12.8 Å². The number of nitrogens with two attached hydrogens (primary N) is 1. The van der Waals surface area contributed by atoms with Crippen LogP contribution < -0.4 is 5.73 Å². The minimum Gasteiger partial charge on any atom is -0.396 e. The van der Waals surface area contributed by atoms with E-state index in [1.165, 1.54) is 4.31 Å². The van der Waals surface area contributed by atoms with Crippen molar-refractivity contribution in [3.63, 3.8) is 0 Å². The third kappa shape index (κ3) is 3.65. The third-order valence-corrected chi connectivity index (χ3v) is 4.90. The second kappa shape index (κ2) is 5.90. The maximum absolute atomic E-state index is 11.9. The number of hydrogen-bond donors (Lipinski definition) is 2. The van der Waals surface area contributed by atoms with Crippen molar-refractivity contribution in [3.05, 3.63) is 0 Å². The maximum Gasteiger partial charge on any atom is 0.220 e. The quantitative estimate of drug-likeness (QED) is 0.653. The monoisotopic (exact) mass is 266 g/mol. The SMILES string of the molecule is NC(=S)CS(=O)(=O)N1CCCC1CCCO. The van der Waals surface area contributed by atoms with Crippen molar-refractivity contribution in [1.29, 1.82) is 0 Å². The Morgan fingerprint density at radius 2 is 2.25 bits per heavy atom. The van der Waals surface area contributed by atoms with Crippen LogP contribution in [0.1, 0.15) is 25.7 Å². The van der Waals surface area contributed by atoms with Gasteiger partial charge in [0.15, 0.2) is 0 Å². The van der Waals surface area contributed by atoms with Gasteiger partial charge in [-0.15, -0.1) is 0 Å². The van der Waals surface area contributed by atoms with E-state index in [4.69, 9.17) is 10.8 Å². The van der Waals surface area contributed by atoms with E-state index < -0.39 is 10.0 Å². The molecule has 0 spiro atoms. The number of rotatable bonds is 6. The zero-order valence-electron chi connectivity index (χ0n) is 9.13. The summed E-state index contributed by atoms with van der Waals surface area (Å²) in [5, 5.41) is 8.75. The van der Waals surface area contributed by atoms with Gasteiger partial charge in [-0.3, -0.25) is 0 Å². The van der Waals surface area contributed by atoms with E-state index in [2.05, 4.69) is 12.2 Å². The van der Waals surface area contributed by atoms with Crippen LogP contribution in [0.3, 0.4) is 0 Å². The molecule has 0 radical (unpaired) electrons. The number of aliphatic hydroxyl groups excluding tert-OH is 1. The molecule has 5 nitrogen and oxygen atoms in total. The average molecular weight is 266 g/mol. The second-order valence-corrected chi connectivity index (χ2v) is 6.44. The molecule has 1 saturated heterocycles. The molecular formula is C9H18N2O3S2. The number of nitrogens with zero attached hydrogens (tertiary/aromatic N) is 1. The van der Waals surface area contributed by atoms with Crippen LogP contribution in [0.15, 0.2) is 0 Å². The van der Waals surface area contributed by atoms with Gasteiger partial charge in [-0.05, 0) is 25.7 Å². The minimum atomic E-state index is -3.35. The summed E-state index contributed by atoms with van der Waals surface area (Å²) in [5.41, 5.74) is 5.28. The lowest BCUT2D eigenvalue weighted by atomic mass is 10.1. The molecule has 1 aliphatic heterocycles. The second-order valence-electron chi connectivity index (χ2n) is 4.00. The molecule has 1 fully saturated rings. The van der Waals surface area contributed by atoms with Crippen molar-refractivity contribution >= 4 is 27.2 Å². The van der Waals surface area contributed by atoms with Crippen LogP contribution in [0.2, 0.25) is 0 Å². The van der Waals surface area contributed by atoms with E-state index in [9.17, 15) is 8.42 Å². The summed E-state index contributed by atoms with van der Waals surface area (Å²) in [6, 6.07) is 0.00602. The first-order valence-corrected chi connectivity index (χ1v) is 7.38. The molecule has 1 aliphatic rings. The van der Waals surface area contributed by atoms with Crippen molar-refractivity contribution in [3.8, 4) is 0 Å². The Kier molecular flexibility index (Phi) is 5.10. The van der Waals surface area contributed by atoms with E-state index in [-0.39, 0.29) is 23.4 Å². The molecule has 16 heavy (non-hydrogen) atoms. The van der Waals surface area contributed by atoms with Crippen LogP contribution in [0.5, 0.6) is 0 Å². The first-order valence-electron chi connectivity index (χ1n) is 5.36. The highest BCUT2D eigenvalue weighted by Crippen LogP contribution is 2.24. The van der Waals surface area contributed by atoms with Crippen LogP contribution in [-0.2, 0) is 10.0 Å². The third-order valence-electron chi connectivity index (χ3n) is 2.70. The fraction of sp³-hybridized carbons (Fsp3) is 0.889. The van der Waals surface area contributed by atoms with Crippen molar-refractivity contribution < 1.29 is 13.5 Å². The molecule has 7 heteroatoms.